The van der Waals surface area contributed by atoms with Gasteiger partial charge < -0.3 is 4.57 Å². The van der Waals surface area contributed by atoms with Crippen LogP contribution in [0.5, 0.6) is 0 Å². The number of nitrogens with zero attached hydrogens (tertiary/aromatic N) is 4. The van der Waals surface area contributed by atoms with Gasteiger partial charge in [-0.25, -0.2) is 0 Å². The quantitative estimate of drug-likeness (QED) is 0.231. The maximum atomic E-state index is 10.1. The minimum Gasteiger partial charge on any atom is -0.307 e. The second-order valence-electron chi connectivity index (χ2n) is 10.6. The summed E-state index contributed by atoms with van der Waals surface area (Å²) in [5, 5.41) is 31.9. The van der Waals surface area contributed by atoms with Crippen molar-refractivity contribution >= 4 is 21.8 Å². The normalized spacial score (nSPS) is 10.9. The van der Waals surface area contributed by atoms with Gasteiger partial charge in [-0.2, -0.15) is 15.8 Å². The third-order valence-electron chi connectivity index (χ3n) is 8.01. The second-order valence-corrected chi connectivity index (χ2v) is 10.6. The topological polar surface area (TPSA) is 76.3 Å². The van der Waals surface area contributed by atoms with Crippen molar-refractivity contribution in [3.05, 3.63) is 124 Å². The van der Waals surface area contributed by atoms with Crippen molar-refractivity contribution in [1.82, 2.24) is 4.57 Å². The Hall–Kier alpha value is -5.63. The fourth-order valence-electron chi connectivity index (χ4n) is 6.23. The lowest BCUT2D eigenvalue weighted by Gasteiger charge is -2.14. The van der Waals surface area contributed by atoms with Gasteiger partial charge in [0.05, 0.1) is 39.5 Å². The lowest BCUT2D eigenvalue weighted by molar-refractivity contribution is 1.15. The van der Waals surface area contributed by atoms with Crippen molar-refractivity contribution in [2.45, 2.75) is 27.7 Å². The highest BCUT2D eigenvalue weighted by atomic mass is 15.0. The van der Waals surface area contributed by atoms with Gasteiger partial charge in [0.25, 0.3) is 0 Å². The van der Waals surface area contributed by atoms with Crippen LogP contribution in [-0.2, 0) is 0 Å². The molecule has 0 atom stereocenters. The highest BCUT2D eigenvalue weighted by Gasteiger charge is 2.21. The van der Waals surface area contributed by atoms with Crippen molar-refractivity contribution in [2.75, 3.05) is 0 Å². The Morgan fingerprint density at radius 3 is 1.29 bits per heavy atom. The zero-order valence-electron chi connectivity index (χ0n) is 23.4. The van der Waals surface area contributed by atoms with Gasteiger partial charge in [0, 0.05) is 10.8 Å². The zero-order valence-corrected chi connectivity index (χ0v) is 23.4. The van der Waals surface area contributed by atoms with Crippen LogP contribution in [0, 0.1) is 61.7 Å². The smallest absolute Gasteiger partial charge is 0.101 e. The average Bonchev–Trinajstić information content (AvgIpc) is 3.29. The number of rotatable bonds is 3. The Labute approximate surface area is 239 Å². The van der Waals surface area contributed by atoms with Gasteiger partial charge in [0.2, 0.25) is 0 Å². The lowest BCUT2D eigenvalue weighted by atomic mass is 9.93. The van der Waals surface area contributed by atoms with Gasteiger partial charge in [0.1, 0.15) is 12.1 Å². The maximum Gasteiger partial charge on any atom is 0.101 e. The number of hydrogen-bond donors (Lipinski definition) is 0. The third-order valence-corrected chi connectivity index (χ3v) is 8.01. The molecular formula is C37H26N4. The van der Waals surface area contributed by atoms with E-state index in [-0.39, 0.29) is 16.7 Å². The summed E-state index contributed by atoms with van der Waals surface area (Å²) in [6.45, 7) is 8.52. The third kappa shape index (κ3) is 4.04. The molecule has 0 amide bonds. The predicted octanol–water partition coefficient (Wildman–Crippen LogP) is 8.97. The lowest BCUT2D eigenvalue weighted by Crippen LogP contribution is -2.02. The van der Waals surface area contributed by atoms with Crippen LogP contribution < -0.4 is 0 Å². The van der Waals surface area contributed by atoms with E-state index in [0.29, 0.717) is 5.69 Å². The Morgan fingerprint density at radius 1 is 0.512 bits per heavy atom. The summed E-state index contributed by atoms with van der Waals surface area (Å²) >= 11 is 0. The minimum atomic E-state index is 0.289. The first-order valence-electron chi connectivity index (χ1n) is 13.5. The zero-order chi connectivity index (χ0) is 28.8. The van der Waals surface area contributed by atoms with E-state index < -0.39 is 0 Å². The first kappa shape index (κ1) is 25.6. The molecule has 0 aliphatic carbocycles. The molecule has 0 bridgehead atoms. The highest BCUT2D eigenvalue weighted by Crippen LogP contribution is 2.40. The molecule has 1 heterocycles. The Bertz CT molecular complexity index is 1990. The fraction of sp³-hybridized carbons (Fsp3) is 0.108. The molecule has 0 radical (unpaired) electrons. The van der Waals surface area contributed by atoms with Crippen molar-refractivity contribution in [2.24, 2.45) is 0 Å². The van der Waals surface area contributed by atoms with Gasteiger partial charge in [-0.1, -0.05) is 48.5 Å². The van der Waals surface area contributed by atoms with E-state index in [1.165, 1.54) is 33.4 Å². The molecule has 0 N–H and O–H groups in total. The number of aromatic nitrogens is 1. The number of aryl methyl sites for hydroxylation is 4. The van der Waals surface area contributed by atoms with Gasteiger partial charge in [-0.15, -0.1) is 0 Å². The van der Waals surface area contributed by atoms with E-state index in [4.69, 9.17) is 0 Å². The number of benzene rings is 5. The summed E-state index contributed by atoms with van der Waals surface area (Å²) < 4.78 is 2.01. The number of fused-ring (bicyclic) bond motifs is 3. The Morgan fingerprint density at radius 2 is 0.927 bits per heavy atom. The minimum absolute atomic E-state index is 0.289. The molecule has 4 heteroatoms. The molecule has 0 saturated heterocycles. The summed E-state index contributed by atoms with van der Waals surface area (Å²) in [5.41, 5.74) is 12.6. The maximum absolute atomic E-state index is 10.1. The predicted molar refractivity (Wildman–Crippen MR) is 165 cm³/mol. The average molecular weight is 527 g/mol. The molecule has 0 saturated carbocycles. The Kier molecular flexibility index (Phi) is 6.15. The Balaban J connectivity index is 1.76. The molecule has 6 rings (SSSR count). The molecule has 0 aliphatic heterocycles. The summed E-state index contributed by atoms with van der Waals surface area (Å²) in [6.07, 6.45) is 0. The van der Waals surface area contributed by atoms with E-state index in [2.05, 4.69) is 119 Å². The molecule has 194 valence electrons. The van der Waals surface area contributed by atoms with Crippen molar-refractivity contribution < 1.29 is 0 Å². The monoisotopic (exact) mass is 526 g/mol. The van der Waals surface area contributed by atoms with Crippen LogP contribution >= 0.6 is 0 Å². The highest BCUT2D eigenvalue weighted by molar-refractivity contribution is 6.12. The summed E-state index contributed by atoms with van der Waals surface area (Å²) in [6, 6.07) is 35.2. The first-order valence-corrected chi connectivity index (χ1v) is 13.5. The molecule has 0 fully saturated rings. The van der Waals surface area contributed by atoms with Crippen LogP contribution in [-0.4, -0.2) is 4.57 Å². The van der Waals surface area contributed by atoms with Crippen LogP contribution in [0.3, 0.4) is 0 Å². The standard InChI is InChI=1S/C37H26N4/c1-22-7-5-8-23(2)35(22)27-11-13-33-31(17-27)32-18-28(36-24(3)9-6-10-25(36)4)12-14-34(32)41(33)37-29(20-39)15-26(19-38)16-30(37)21-40/h5-18H,1-4H3. The molecule has 0 aliphatic rings. The van der Waals surface area contributed by atoms with E-state index in [9.17, 15) is 15.8 Å². The van der Waals surface area contributed by atoms with Crippen LogP contribution in [0.15, 0.2) is 84.9 Å². The molecule has 6 aromatic rings. The van der Waals surface area contributed by atoms with E-state index in [0.717, 1.165) is 32.9 Å². The van der Waals surface area contributed by atoms with Gasteiger partial charge in [-0.05, 0) is 109 Å². The van der Waals surface area contributed by atoms with Crippen molar-refractivity contribution in [3.8, 4) is 46.1 Å². The van der Waals surface area contributed by atoms with Crippen molar-refractivity contribution in [1.29, 1.82) is 15.8 Å². The summed E-state index contributed by atoms with van der Waals surface area (Å²) in [7, 11) is 0. The van der Waals surface area contributed by atoms with Gasteiger partial charge >= 0.3 is 0 Å². The molecule has 0 spiro atoms. The molecule has 41 heavy (non-hydrogen) atoms. The van der Waals surface area contributed by atoms with E-state index in [1.807, 2.05) is 4.57 Å². The van der Waals surface area contributed by atoms with E-state index >= 15 is 0 Å². The van der Waals surface area contributed by atoms with Crippen LogP contribution in [0.2, 0.25) is 0 Å². The fourth-order valence-corrected chi connectivity index (χ4v) is 6.23. The summed E-state index contributed by atoms with van der Waals surface area (Å²) in [4.78, 5) is 0. The molecule has 1 aromatic heterocycles. The molecular weight excluding hydrogens is 500 g/mol. The van der Waals surface area contributed by atoms with E-state index in [1.54, 1.807) is 12.1 Å². The van der Waals surface area contributed by atoms with Crippen LogP contribution in [0.4, 0.5) is 0 Å². The first-order chi connectivity index (χ1) is 19.9. The number of nitriles is 3. The van der Waals surface area contributed by atoms with Crippen LogP contribution in [0.1, 0.15) is 38.9 Å². The van der Waals surface area contributed by atoms with Gasteiger partial charge in [0.15, 0.2) is 0 Å². The van der Waals surface area contributed by atoms with Crippen LogP contribution in [0.25, 0.3) is 49.7 Å². The van der Waals surface area contributed by atoms with Gasteiger partial charge in [-0.3, -0.25) is 0 Å². The molecule has 0 unspecified atom stereocenters. The van der Waals surface area contributed by atoms with Crippen molar-refractivity contribution in [3.63, 3.8) is 0 Å². The largest absolute Gasteiger partial charge is 0.307 e. The molecule has 4 nitrogen and oxygen atoms in total. The number of hydrogen-bond acceptors (Lipinski definition) is 3. The SMILES string of the molecule is Cc1cccc(C)c1-c1ccc2c(c1)c1cc(-c3c(C)cccc3C)ccc1n2-c1c(C#N)cc(C#N)cc1C#N. The summed E-state index contributed by atoms with van der Waals surface area (Å²) in [5.74, 6) is 0. The second kappa shape index (κ2) is 9.84. The molecule has 5 aromatic carbocycles.